The Kier molecular flexibility index (Phi) is 6.87. The van der Waals surface area contributed by atoms with Crippen molar-refractivity contribution in [2.75, 3.05) is 12.0 Å². The molecule has 2 aliphatic carbocycles. The number of amides is 5. The molecule has 0 spiro atoms. The van der Waals surface area contributed by atoms with Crippen LogP contribution in [0.15, 0.2) is 84.4 Å². The summed E-state index contributed by atoms with van der Waals surface area (Å²) in [5.74, 6) is -6.71. The third kappa shape index (κ3) is 4.03. The Morgan fingerprint density at radius 1 is 0.911 bits per heavy atom. The zero-order valence-corrected chi connectivity index (χ0v) is 25.4. The highest BCUT2D eigenvalue weighted by atomic mass is 35.5. The number of carbonyl (C=O) groups is 5. The number of hydrogen-bond donors (Lipinski definition) is 1. The number of hydrogen-bond acceptors (Lipinski definition) is 7. The summed E-state index contributed by atoms with van der Waals surface area (Å²) >= 11 is 13.1. The van der Waals surface area contributed by atoms with Crippen LogP contribution in [0.2, 0.25) is 10.0 Å². The van der Waals surface area contributed by atoms with Crippen molar-refractivity contribution in [3.8, 4) is 5.75 Å². The molecule has 0 radical (unpaired) electrons. The second-order valence-corrected chi connectivity index (χ2v) is 12.6. The van der Waals surface area contributed by atoms with Crippen LogP contribution in [0.25, 0.3) is 0 Å². The van der Waals surface area contributed by atoms with Crippen LogP contribution in [-0.2, 0) is 29.3 Å². The first-order valence-electron chi connectivity index (χ1n) is 14.4. The summed E-state index contributed by atoms with van der Waals surface area (Å²) in [6.07, 6.45) is 0.986. The Morgan fingerprint density at radius 2 is 1.67 bits per heavy atom. The van der Waals surface area contributed by atoms with Gasteiger partial charge in [0.1, 0.15) is 5.75 Å². The molecule has 4 aliphatic rings. The minimum absolute atomic E-state index is 0.0593. The lowest BCUT2D eigenvalue weighted by Crippen LogP contribution is -2.53. The predicted octanol–water partition coefficient (Wildman–Crippen LogP) is 5.63. The highest BCUT2D eigenvalue weighted by Gasteiger charge is 2.70. The third-order valence-electron chi connectivity index (χ3n) is 9.82. The van der Waals surface area contributed by atoms with Crippen molar-refractivity contribution in [3.63, 3.8) is 0 Å². The summed E-state index contributed by atoms with van der Waals surface area (Å²) in [4.78, 5) is 71.1. The van der Waals surface area contributed by atoms with Crippen molar-refractivity contribution in [2.45, 2.75) is 24.2 Å². The summed E-state index contributed by atoms with van der Waals surface area (Å²) < 4.78 is 4.75. The summed E-state index contributed by atoms with van der Waals surface area (Å²) in [6.45, 7) is 0. The average Bonchev–Trinajstić information content (AvgIpc) is 3.42. The van der Waals surface area contributed by atoms with Gasteiger partial charge >= 0.3 is 6.09 Å². The fourth-order valence-electron chi connectivity index (χ4n) is 8.11. The van der Waals surface area contributed by atoms with E-state index in [0.717, 1.165) is 12.0 Å². The van der Waals surface area contributed by atoms with Crippen LogP contribution in [0.1, 0.15) is 29.9 Å². The van der Waals surface area contributed by atoms with E-state index in [0.29, 0.717) is 32.3 Å². The normalized spacial score (nSPS) is 28.9. The quantitative estimate of drug-likeness (QED) is 0.290. The van der Waals surface area contributed by atoms with Crippen molar-refractivity contribution in [3.05, 3.63) is 106 Å². The largest absolute Gasteiger partial charge is 0.508 e. The SMILES string of the molecule is COC(=O)N1C(=O)C2CC=C3C(CC4C(=O)N(c5cccc(Cl)c5)C(=O)C4(c4ccccc4)C3c3ccc(O)cc3Cl)C2C1=O. The first kappa shape index (κ1) is 29.3. The summed E-state index contributed by atoms with van der Waals surface area (Å²) in [5, 5.41) is 10.8. The van der Waals surface area contributed by atoms with E-state index in [9.17, 15) is 24.3 Å². The van der Waals surface area contributed by atoms with Crippen molar-refractivity contribution >= 4 is 58.6 Å². The maximum absolute atomic E-state index is 15.1. The Bertz CT molecular complexity index is 1840. The van der Waals surface area contributed by atoms with Crippen molar-refractivity contribution in [1.29, 1.82) is 0 Å². The number of benzene rings is 3. The fourth-order valence-corrected chi connectivity index (χ4v) is 8.58. The van der Waals surface area contributed by atoms with E-state index < -0.39 is 64.7 Å². The predicted molar refractivity (Wildman–Crippen MR) is 163 cm³/mol. The van der Waals surface area contributed by atoms with Gasteiger partial charge in [0.25, 0.3) is 0 Å². The highest BCUT2D eigenvalue weighted by Crippen LogP contribution is 2.65. The molecule has 1 saturated carbocycles. The molecule has 6 unspecified atom stereocenters. The zero-order chi connectivity index (χ0) is 31.8. The Hall–Kier alpha value is -4.47. The molecular weight excluding hydrogens is 619 g/mol. The lowest BCUT2D eigenvalue weighted by molar-refractivity contribution is -0.138. The summed E-state index contributed by atoms with van der Waals surface area (Å²) in [6, 6.07) is 19.9. The monoisotopic (exact) mass is 644 g/mol. The second-order valence-electron chi connectivity index (χ2n) is 11.8. The first-order valence-corrected chi connectivity index (χ1v) is 15.2. The van der Waals surface area contributed by atoms with Crippen LogP contribution in [0.3, 0.4) is 0 Å². The van der Waals surface area contributed by atoms with Gasteiger partial charge in [-0.2, -0.15) is 4.90 Å². The maximum Gasteiger partial charge on any atom is 0.423 e. The molecule has 2 saturated heterocycles. The van der Waals surface area contributed by atoms with Crippen LogP contribution in [0.4, 0.5) is 10.5 Å². The van der Waals surface area contributed by atoms with Gasteiger partial charge in [0.2, 0.25) is 23.6 Å². The number of rotatable bonds is 3. The smallest absolute Gasteiger partial charge is 0.423 e. The van der Waals surface area contributed by atoms with Gasteiger partial charge in [-0.3, -0.25) is 19.2 Å². The molecule has 228 valence electrons. The van der Waals surface area contributed by atoms with Gasteiger partial charge in [-0.15, -0.1) is 0 Å². The number of allylic oxidation sites excluding steroid dienone is 2. The van der Waals surface area contributed by atoms with E-state index in [1.54, 1.807) is 54.6 Å². The molecule has 3 aromatic carbocycles. The van der Waals surface area contributed by atoms with E-state index in [2.05, 4.69) is 0 Å². The first-order chi connectivity index (χ1) is 21.6. The summed E-state index contributed by atoms with van der Waals surface area (Å²) in [5.41, 5.74) is 0.527. The number of halogens is 2. The molecular formula is C34H26Cl2N2O7. The van der Waals surface area contributed by atoms with E-state index in [1.165, 1.54) is 12.1 Å². The number of nitrogens with zero attached hydrogens (tertiary/aromatic N) is 2. The number of phenolic OH excluding ortho intramolecular Hbond substituents is 1. The number of aromatic hydroxyl groups is 1. The van der Waals surface area contributed by atoms with Crippen LogP contribution in [0, 0.1) is 23.7 Å². The topological polar surface area (TPSA) is 121 Å². The lowest BCUT2D eigenvalue weighted by atomic mass is 9.49. The van der Waals surface area contributed by atoms with E-state index >= 15 is 4.79 Å². The van der Waals surface area contributed by atoms with Gasteiger partial charge in [0.05, 0.1) is 36.0 Å². The maximum atomic E-state index is 15.1. The molecule has 7 rings (SSSR count). The molecule has 5 amide bonds. The number of anilines is 1. The Morgan fingerprint density at radius 3 is 2.36 bits per heavy atom. The average molecular weight is 645 g/mol. The van der Waals surface area contributed by atoms with Gasteiger partial charge in [-0.25, -0.2) is 9.69 Å². The molecule has 3 fully saturated rings. The van der Waals surface area contributed by atoms with Crippen LogP contribution < -0.4 is 4.90 Å². The molecule has 11 heteroatoms. The highest BCUT2D eigenvalue weighted by molar-refractivity contribution is 6.33. The second kappa shape index (κ2) is 10.6. The van der Waals surface area contributed by atoms with Gasteiger partial charge in [0, 0.05) is 16.0 Å². The van der Waals surface area contributed by atoms with Crippen LogP contribution in [-0.4, -0.2) is 46.8 Å². The number of carbonyl (C=O) groups excluding carboxylic acids is 5. The fraction of sp³-hybridized carbons (Fsp3) is 0.265. The number of ether oxygens (including phenoxy) is 1. The summed E-state index contributed by atoms with van der Waals surface area (Å²) in [7, 11) is 1.10. The molecule has 45 heavy (non-hydrogen) atoms. The number of imide groups is 4. The van der Waals surface area contributed by atoms with Crippen molar-refractivity contribution in [1.82, 2.24) is 4.90 Å². The third-order valence-corrected chi connectivity index (χ3v) is 10.4. The van der Waals surface area contributed by atoms with Gasteiger partial charge in [-0.1, -0.05) is 77.3 Å². The zero-order valence-electron chi connectivity index (χ0n) is 23.9. The minimum Gasteiger partial charge on any atom is -0.508 e. The van der Waals surface area contributed by atoms with Crippen LogP contribution in [0.5, 0.6) is 5.75 Å². The molecule has 0 aromatic heterocycles. The van der Waals surface area contributed by atoms with E-state index in [4.69, 9.17) is 27.9 Å². The Labute approximate surface area is 268 Å². The van der Waals surface area contributed by atoms with Crippen molar-refractivity contribution in [2.24, 2.45) is 23.7 Å². The molecule has 0 bridgehead atoms. The number of methoxy groups -OCH3 is 1. The molecule has 9 nitrogen and oxygen atoms in total. The van der Waals surface area contributed by atoms with E-state index in [1.807, 2.05) is 12.1 Å². The number of likely N-dealkylation sites (tertiary alicyclic amines) is 1. The standard InChI is InChI=1S/C34H26Cl2N2O7/c1-45-33(44)38-29(40)23-13-12-21-24(27(23)31(38)42)16-25-30(41)37(19-9-5-8-18(35)14-19)32(43)34(25,17-6-3-2-4-7-17)28(21)22-11-10-20(39)15-26(22)36/h2-12,14-15,23-25,27-28,39H,13,16H2,1H3. The van der Waals surface area contributed by atoms with Gasteiger partial charge < -0.3 is 9.84 Å². The molecule has 2 heterocycles. The lowest BCUT2D eigenvalue weighted by Gasteiger charge is -2.51. The molecule has 1 N–H and O–H groups in total. The molecule has 6 atom stereocenters. The Balaban J connectivity index is 1.50. The van der Waals surface area contributed by atoms with Crippen molar-refractivity contribution < 1.29 is 33.8 Å². The van der Waals surface area contributed by atoms with Gasteiger partial charge in [0.15, 0.2) is 0 Å². The molecule has 2 aliphatic heterocycles. The number of fused-ring (bicyclic) bond motifs is 4. The van der Waals surface area contributed by atoms with E-state index in [-0.39, 0.29) is 23.6 Å². The minimum atomic E-state index is -1.51. The van der Waals surface area contributed by atoms with Gasteiger partial charge in [-0.05, 0) is 60.2 Å². The number of phenols is 1. The molecule has 3 aromatic rings. The van der Waals surface area contributed by atoms with Crippen LogP contribution >= 0.6 is 23.2 Å².